The molecule has 0 aliphatic rings. The Morgan fingerprint density at radius 3 is 2.31 bits per heavy atom. The van der Waals surface area contributed by atoms with E-state index in [0.29, 0.717) is 24.5 Å². The number of amides is 1. The molecule has 0 radical (unpaired) electrons. The molecule has 1 amide bonds. The lowest BCUT2D eigenvalue weighted by molar-refractivity contribution is -0.384. The van der Waals surface area contributed by atoms with Crippen molar-refractivity contribution in [1.29, 1.82) is 0 Å². The fourth-order valence-electron chi connectivity index (χ4n) is 3.10. The van der Waals surface area contributed by atoms with Gasteiger partial charge in [0.15, 0.2) is 5.78 Å². The van der Waals surface area contributed by atoms with Crippen LogP contribution in [0, 0.1) is 24.0 Å². The Bertz CT molecular complexity index is 919. The molecule has 2 N–H and O–H groups in total. The minimum atomic E-state index is -0.452. The quantitative estimate of drug-likeness (QED) is 0.210. The predicted molar refractivity (Wildman–Crippen MR) is 118 cm³/mol. The van der Waals surface area contributed by atoms with Crippen LogP contribution in [-0.2, 0) is 16.1 Å². The number of hydrogen-bond acceptors (Lipinski definition) is 7. The number of carbonyl (C=O) groups is 2. The third-order valence-electron chi connectivity index (χ3n) is 4.70. The van der Waals surface area contributed by atoms with Crippen LogP contribution in [0.1, 0.15) is 39.9 Å². The van der Waals surface area contributed by atoms with E-state index in [4.69, 9.17) is 14.6 Å². The van der Waals surface area contributed by atoms with Gasteiger partial charge in [-0.2, -0.15) is 0 Å². The molecule has 32 heavy (non-hydrogen) atoms. The number of Topliss-reactive ketones (excluding diaryl/α,β-unsaturated/α-hetero) is 1. The number of ketones is 1. The standard InChI is InChI=1S/C23H28N2O7/c1-16-13-19(21(27)7-8-22(28)24-9-11-31-12-10-26)14-17(2)23(16)32-15-18-3-5-20(6-4-18)25(29)30/h3-6,13-14,26H,7-12,15H2,1-2H3,(H,24,28). The van der Waals surface area contributed by atoms with Gasteiger partial charge in [-0.1, -0.05) is 0 Å². The van der Waals surface area contributed by atoms with Crippen LogP contribution < -0.4 is 10.1 Å². The number of carbonyl (C=O) groups excluding carboxylic acids is 2. The van der Waals surface area contributed by atoms with Crippen LogP contribution in [0.4, 0.5) is 5.69 Å². The summed E-state index contributed by atoms with van der Waals surface area (Å²) in [6.45, 7) is 4.71. The Morgan fingerprint density at radius 2 is 1.72 bits per heavy atom. The summed E-state index contributed by atoms with van der Waals surface area (Å²) in [4.78, 5) is 34.7. The Hall–Kier alpha value is -3.30. The van der Waals surface area contributed by atoms with E-state index in [2.05, 4.69) is 5.32 Å². The van der Waals surface area contributed by atoms with Gasteiger partial charge in [-0.15, -0.1) is 0 Å². The highest BCUT2D eigenvalue weighted by atomic mass is 16.6. The SMILES string of the molecule is Cc1cc(C(=O)CCC(=O)NCCOCCO)cc(C)c1OCc1ccc([N+](=O)[O-])cc1. The highest BCUT2D eigenvalue weighted by Crippen LogP contribution is 2.27. The van der Waals surface area contributed by atoms with Gasteiger partial charge >= 0.3 is 0 Å². The van der Waals surface area contributed by atoms with Crippen molar-refractivity contribution in [2.75, 3.05) is 26.4 Å². The van der Waals surface area contributed by atoms with E-state index in [1.807, 2.05) is 13.8 Å². The molecule has 172 valence electrons. The van der Waals surface area contributed by atoms with Gasteiger partial charge in [-0.25, -0.2) is 0 Å². The van der Waals surface area contributed by atoms with E-state index in [9.17, 15) is 19.7 Å². The first-order chi connectivity index (χ1) is 15.3. The second-order valence-corrected chi connectivity index (χ2v) is 7.26. The van der Waals surface area contributed by atoms with Crippen LogP contribution in [0.5, 0.6) is 5.75 Å². The highest BCUT2D eigenvalue weighted by Gasteiger charge is 2.14. The van der Waals surface area contributed by atoms with Gasteiger partial charge in [0, 0.05) is 37.1 Å². The van der Waals surface area contributed by atoms with Crippen LogP contribution in [0.2, 0.25) is 0 Å². The van der Waals surface area contributed by atoms with Crippen molar-refractivity contribution in [2.45, 2.75) is 33.3 Å². The molecule has 0 saturated heterocycles. The summed E-state index contributed by atoms with van der Waals surface area (Å²) >= 11 is 0. The van der Waals surface area contributed by atoms with E-state index >= 15 is 0 Å². The predicted octanol–water partition coefficient (Wildman–Crippen LogP) is 2.88. The van der Waals surface area contributed by atoms with Crippen molar-refractivity contribution in [3.8, 4) is 5.75 Å². The third-order valence-corrected chi connectivity index (χ3v) is 4.70. The second kappa shape index (κ2) is 12.5. The Balaban J connectivity index is 1.88. The molecule has 2 aromatic carbocycles. The molecule has 9 nitrogen and oxygen atoms in total. The van der Waals surface area contributed by atoms with E-state index in [-0.39, 0.29) is 50.0 Å². The Kier molecular flexibility index (Phi) is 9.77. The molecule has 0 aromatic heterocycles. The molecule has 0 atom stereocenters. The van der Waals surface area contributed by atoms with Crippen molar-refractivity contribution in [1.82, 2.24) is 5.32 Å². The molecule has 2 aromatic rings. The van der Waals surface area contributed by atoms with Gasteiger partial charge < -0.3 is 19.9 Å². The van der Waals surface area contributed by atoms with Crippen molar-refractivity contribution in [2.24, 2.45) is 0 Å². The summed E-state index contributed by atoms with van der Waals surface area (Å²) in [5.74, 6) is 0.285. The van der Waals surface area contributed by atoms with Crippen molar-refractivity contribution >= 4 is 17.4 Å². The number of benzene rings is 2. The molecular weight excluding hydrogens is 416 g/mol. The number of ether oxygens (including phenoxy) is 2. The van der Waals surface area contributed by atoms with Gasteiger partial charge in [0.1, 0.15) is 12.4 Å². The van der Waals surface area contributed by atoms with Gasteiger partial charge in [0.05, 0.1) is 24.7 Å². The zero-order chi connectivity index (χ0) is 23.5. The van der Waals surface area contributed by atoms with Crippen LogP contribution >= 0.6 is 0 Å². The number of aliphatic hydroxyl groups is 1. The summed E-state index contributed by atoms with van der Waals surface area (Å²) < 4.78 is 10.9. The maximum Gasteiger partial charge on any atom is 0.269 e. The molecule has 0 bridgehead atoms. The normalized spacial score (nSPS) is 10.6. The lowest BCUT2D eigenvalue weighted by Gasteiger charge is -2.14. The lowest BCUT2D eigenvalue weighted by atomic mass is 10.00. The van der Waals surface area contributed by atoms with E-state index in [1.54, 1.807) is 24.3 Å². The topological polar surface area (TPSA) is 128 Å². The number of nitro groups is 1. The molecule has 0 heterocycles. The van der Waals surface area contributed by atoms with Crippen LogP contribution in [0.3, 0.4) is 0 Å². The zero-order valence-corrected chi connectivity index (χ0v) is 18.3. The number of rotatable bonds is 13. The average molecular weight is 444 g/mol. The second-order valence-electron chi connectivity index (χ2n) is 7.26. The number of nitrogens with one attached hydrogen (secondary N) is 1. The number of non-ortho nitro benzene ring substituents is 1. The number of aliphatic hydroxyl groups excluding tert-OH is 1. The average Bonchev–Trinajstić information content (AvgIpc) is 2.77. The van der Waals surface area contributed by atoms with Crippen molar-refractivity contribution in [3.63, 3.8) is 0 Å². The van der Waals surface area contributed by atoms with Gasteiger partial charge in [-0.05, 0) is 54.8 Å². The number of nitrogens with zero attached hydrogens (tertiary/aromatic N) is 1. The number of hydrogen-bond donors (Lipinski definition) is 2. The maximum atomic E-state index is 12.5. The van der Waals surface area contributed by atoms with Crippen molar-refractivity contribution < 1.29 is 29.1 Å². The van der Waals surface area contributed by atoms with Crippen LogP contribution in [0.25, 0.3) is 0 Å². The summed E-state index contributed by atoms with van der Waals surface area (Å²) in [6.07, 6.45) is 0.167. The molecular formula is C23H28N2O7. The smallest absolute Gasteiger partial charge is 0.269 e. The molecule has 0 aliphatic carbocycles. The van der Waals surface area contributed by atoms with Gasteiger partial charge in [-0.3, -0.25) is 19.7 Å². The largest absolute Gasteiger partial charge is 0.488 e. The first kappa shape index (κ1) is 25.0. The molecule has 2 rings (SSSR count). The fraction of sp³-hybridized carbons (Fsp3) is 0.391. The third kappa shape index (κ3) is 7.75. The van der Waals surface area contributed by atoms with E-state index in [1.165, 1.54) is 12.1 Å². The minimum absolute atomic E-state index is 0.0210. The molecule has 0 unspecified atom stereocenters. The zero-order valence-electron chi connectivity index (χ0n) is 18.3. The molecule has 0 spiro atoms. The summed E-state index contributed by atoms with van der Waals surface area (Å²) in [5, 5.41) is 22.0. The molecule has 0 aliphatic heterocycles. The van der Waals surface area contributed by atoms with E-state index < -0.39 is 4.92 Å². The number of aryl methyl sites for hydroxylation is 2. The van der Waals surface area contributed by atoms with Crippen LogP contribution in [-0.4, -0.2) is 48.1 Å². The Labute approximate surface area is 186 Å². The van der Waals surface area contributed by atoms with Crippen LogP contribution in [0.15, 0.2) is 36.4 Å². The molecule has 9 heteroatoms. The lowest BCUT2D eigenvalue weighted by Crippen LogP contribution is -2.27. The first-order valence-electron chi connectivity index (χ1n) is 10.3. The highest BCUT2D eigenvalue weighted by molar-refractivity contribution is 5.98. The Morgan fingerprint density at radius 1 is 1.06 bits per heavy atom. The summed E-state index contributed by atoms with van der Waals surface area (Å²) in [7, 11) is 0. The summed E-state index contributed by atoms with van der Waals surface area (Å²) in [5.41, 5.74) is 2.92. The van der Waals surface area contributed by atoms with Gasteiger partial charge in [0.25, 0.3) is 5.69 Å². The summed E-state index contributed by atoms with van der Waals surface area (Å²) in [6, 6.07) is 9.62. The maximum absolute atomic E-state index is 12.5. The van der Waals surface area contributed by atoms with E-state index in [0.717, 1.165) is 16.7 Å². The molecule has 0 saturated carbocycles. The fourth-order valence-corrected chi connectivity index (χ4v) is 3.10. The monoisotopic (exact) mass is 444 g/mol. The van der Waals surface area contributed by atoms with Crippen molar-refractivity contribution in [3.05, 3.63) is 68.8 Å². The minimum Gasteiger partial charge on any atom is -0.488 e. The molecule has 0 fully saturated rings. The number of nitro benzene ring substituents is 1. The first-order valence-corrected chi connectivity index (χ1v) is 10.3. The van der Waals surface area contributed by atoms with Gasteiger partial charge in [0.2, 0.25) is 5.91 Å².